The summed E-state index contributed by atoms with van der Waals surface area (Å²) in [6, 6.07) is 20.0. The second-order valence-corrected chi connectivity index (χ2v) is 5.73. The molecule has 2 aromatic carbocycles. The number of aryl methyl sites for hydroxylation is 1. The fourth-order valence-electron chi connectivity index (χ4n) is 2.50. The van der Waals surface area contributed by atoms with Gasteiger partial charge in [0.05, 0.1) is 7.11 Å². The minimum Gasteiger partial charge on any atom is -0.497 e. The first-order chi connectivity index (χ1) is 12.2. The summed E-state index contributed by atoms with van der Waals surface area (Å²) in [4.78, 5) is 8.99. The number of benzene rings is 2. The third-order valence-electron chi connectivity index (χ3n) is 3.76. The van der Waals surface area contributed by atoms with E-state index in [2.05, 4.69) is 44.9 Å². The van der Waals surface area contributed by atoms with Crippen LogP contribution in [-0.2, 0) is 6.42 Å². The fraction of sp³-hybridized carbons (Fsp3) is 0.200. The van der Waals surface area contributed by atoms with Crippen LogP contribution in [0.25, 0.3) is 0 Å². The smallest absolute Gasteiger partial charge is 0.224 e. The molecular weight excluding hydrogens is 312 g/mol. The van der Waals surface area contributed by atoms with Crippen LogP contribution in [0.5, 0.6) is 5.75 Å². The van der Waals surface area contributed by atoms with Gasteiger partial charge in [0.15, 0.2) is 0 Å². The molecule has 5 nitrogen and oxygen atoms in total. The summed E-state index contributed by atoms with van der Waals surface area (Å²) in [5, 5.41) is 6.59. The molecule has 0 aliphatic carbocycles. The van der Waals surface area contributed by atoms with Gasteiger partial charge in [-0.05, 0) is 43.2 Å². The minimum atomic E-state index is 0.631. The van der Waals surface area contributed by atoms with E-state index in [0.717, 1.165) is 35.9 Å². The van der Waals surface area contributed by atoms with Crippen molar-refractivity contribution in [1.82, 2.24) is 9.97 Å². The van der Waals surface area contributed by atoms with Crippen LogP contribution < -0.4 is 15.4 Å². The zero-order chi connectivity index (χ0) is 17.5. The number of aromatic nitrogens is 2. The van der Waals surface area contributed by atoms with E-state index in [1.54, 1.807) is 7.11 Å². The van der Waals surface area contributed by atoms with E-state index >= 15 is 0 Å². The SMILES string of the molecule is COc1ccc(Nc2cc(C)nc(NCCc3ccccc3)n2)cc1. The Kier molecular flexibility index (Phi) is 5.46. The Hall–Kier alpha value is -3.08. The predicted octanol–water partition coefficient (Wildman–Crippen LogP) is 4.19. The van der Waals surface area contributed by atoms with Gasteiger partial charge in [0.1, 0.15) is 11.6 Å². The summed E-state index contributed by atoms with van der Waals surface area (Å²) in [5.74, 6) is 2.22. The zero-order valence-electron chi connectivity index (χ0n) is 14.5. The molecule has 25 heavy (non-hydrogen) atoms. The number of nitrogens with one attached hydrogen (secondary N) is 2. The van der Waals surface area contributed by atoms with Crippen LogP contribution >= 0.6 is 0 Å². The maximum Gasteiger partial charge on any atom is 0.224 e. The van der Waals surface area contributed by atoms with Crippen LogP contribution in [0.1, 0.15) is 11.3 Å². The van der Waals surface area contributed by atoms with E-state index < -0.39 is 0 Å². The molecule has 0 aliphatic rings. The summed E-state index contributed by atoms with van der Waals surface area (Å²) in [7, 11) is 1.66. The lowest BCUT2D eigenvalue weighted by Gasteiger charge is -2.10. The minimum absolute atomic E-state index is 0.631. The lowest BCUT2D eigenvalue weighted by molar-refractivity contribution is 0.415. The average molecular weight is 334 g/mol. The molecule has 2 N–H and O–H groups in total. The highest BCUT2D eigenvalue weighted by Gasteiger charge is 2.03. The van der Waals surface area contributed by atoms with Crippen LogP contribution in [0.15, 0.2) is 60.7 Å². The van der Waals surface area contributed by atoms with Crippen molar-refractivity contribution in [2.24, 2.45) is 0 Å². The first kappa shape index (κ1) is 16.8. The lowest BCUT2D eigenvalue weighted by atomic mass is 10.1. The van der Waals surface area contributed by atoms with Gasteiger partial charge < -0.3 is 15.4 Å². The monoisotopic (exact) mass is 334 g/mol. The topological polar surface area (TPSA) is 59.1 Å². The molecule has 0 saturated carbocycles. The molecule has 0 amide bonds. The van der Waals surface area contributed by atoms with Crippen molar-refractivity contribution in [3.8, 4) is 5.75 Å². The molecule has 0 fully saturated rings. The molecule has 0 unspecified atom stereocenters. The van der Waals surface area contributed by atoms with Crippen LogP contribution in [-0.4, -0.2) is 23.6 Å². The summed E-state index contributed by atoms with van der Waals surface area (Å²) in [6.07, 6.45) is 0.930. The van der Waals surface area contributed by atoms with Crippen LogP contribution in [0.4, 0.5) is 17.5 Å². The van der Waals surface area contributed by atoms with Gasteiger partial charge >= 0.3 is 0 Å². The number of nitrogens with zero attached hydrogens (tertiary/aromatic N) is 2. The van der Waals surface area contributed by atoms with Crippen molar-refractivity contribution in [3.05, 3.63) is 71.9 Å². The summed E-state index contributed by atoms with van der Waals surface area (Å²) in [6.45, 7) is 2.75. The van der Waals surface area contributed by atoms with Crippen LogP contribution in [0.3, 0.4) is 0 Å². The Morgan fingerprint density at radius 2 is 1.72 bits per heavy atom. The van der Waals surface area contributed by atoms with Gasteiger partial charge in [0, 0.05) is 24.0 Å². The average Bonchev–Trinajstić information content (AvgIpc) is 2.63. The van der Waals surface area contributed by atoms with Crippen molar-refractivity contribution in [1.29, 1.82) is 0 Å². The Morgan fingerprint density at radius 1 is 0.960 bits per heavy atom. The van der Waals surface area contributed by atoms with Crippen molar-refractivity contribution < 1.29 is 4.74 Å². The molecule has 0 atom stereocenters. The molecule has 0 spiro atoms. The number of rotatable bonds is 7. The molecule has 1 aromatic heterocycles. The highest BCUT2D eigenvalue weighted by Crippen LogP contribution is 2.20. The molecule has 3 aromatic rings. The second-order valence-electron chi connectivity index (χ2n) is 5.73. The normalized spacial score (nSPS) is 10.3. The molecule has 128 valence electrons. The van der Waals surface area contributed by atoms with Crippen LogP contribution in [0, 0.1) is 6.92 Å². The summed E-state index contributed by atoms with van der Waals surface area (Å²) < 4.78 is 5.17. The van der Waals surface area contributed by atoms with E-state index in [9.17, 15) is 0 Å². The fourth-order valence-corrected chi connectivity index (χ4v) is 2.50. The molecule has 5 heteroatoms. The maximum atomic E-state index is 5.17. The molecule has 0 radical (unpaired) electrons. The third-order valence-corrected chi connectivity index (χ3v) is 3.76. The van der Waals surface area contributed by atoms with Gasteiger partial charge in [-0.15, -0.1) is 0 Å². The van der Waals surface area contributed by atoms with E-state index in [1.807, 2.05) is 43.3 Å². The maximum absolute atomic E-state index is 5.17. The quantitative estimate of drug-likeness (QED) is 0.678. The van der Waals surface area contributed by atoms with E-state index in [0.29, 0.717) is 5.95 Å². The van der Waals surface area contributed by atoms with Crippen molar-refractivity contribution in [3.63, 3.8) is 0 Å². The Labute approximate surface area is 148 Å². The van der Waals surface area contributed by atoms with Crippen molar-refractivity contribution in [2.45, 2.75) is 13.3 Å². The Morgan fingerprint density at radius 3 is 2.44 bits per heavy atom. The molecule has 0 bridgehead atoms. The summed E-state index contributed by atoms with van der Waals surface area (Å²) >= 11 is 0. The lowest BCUT2D eigenvalue weighted by Crippen LogP contribution is -2.09. The predicted molar refractivity (Wildman–Crippen MR) is 102 cm³/mol. The Bertz CT molecular complexity index is 804. The Balaban J connectivity index is 1.63. The third kappa shape index (κ3) is 4.94. The first-order valence-corrected chi connectivity index (χ1v) is 8.27. The molecule has 0 aliphatic heterocycles. The zero-order valence-corrected chi connectivity index (χ0v) is 14.5. The first-order valence-electron chi connectivity index (χ1n) is 8.27. The molecular formula is C20H22N4O. The number of hydrogen-bond acceptors (Lipinski definition) is 5. The number of hydrogen-bond donors (Lipinski definition) is 2. The van der Waals surface area contributed by atoms with E-state index in [4.69, 9.17) is 4.74 Å². The summed E-state index contributed by atoms with van der Waals surface area (Å²) in [5.41, 5.74) is 3.15. The molecule has 3 rings (SSSR count). The van der Waals surface area contributed by atoms with Gasteiger partial charge in [0.25, 0.3) is 0 Å². The van der Waals surface area contributed by atoms with Crippen molar-refractivity contribution in [2.75, 3.05) is 24.3 Å². The van der Waals surface area contributed by atoms with Gasteiger partial charge in [-0.2, -0.15) is 4.98 Å². The van der Waals surface area contributed by atoms with Crippen molar-refractivity contribution >= 4 is 17.5 Å². The highest BCUT2D eigenvalue weighted by atomic mass is 16.5. The van der Waals surface area contributed by atoms with E-state index in [-0.39, 0.29) is 0 Å². The van der Waals surface area contributed by atoms with Gasteiger partial charge in [-0.3, -0.25) is 0 Å². The largest absolute Gasteiger partial charge is 0.497 e. The molecule has 1 heterocycles. The van der Waals surface area contributed by atoms with E-state index in [1.165, 1.54) is 5.56 Å². The van der Waals surface area contributed by atoms with Gasteiger partial charge in [-0.1, -0.05) is 30.3 Å². The standard InChI is InChI=1S/C20H22N4O/c1-15-14-19(23-17-8-10-18(25-2)11-9-17)24-20(22-15)21-13-12-16-6-4-3-5-7-16/h3-11,14H,12-13H2,1-2H3,(H2,21,22,23,24). The second kappa shape index (κ2) is 8.15. The number of ether oxygens (including phenoxy) is 1. The van der Waals surface area contributed by atoms with Gasteiger partial charge in [0.2, 0.25) is 5.95 Å². The number of anilines is 3. The molecule has 0 saturated heterocycles. The van der Waals surface area contributed by atoms with Gasteiger partial charge in [-0.25, -0.2) is 4.98 Å². The highest BCUT2D eigenvalue weighted by molar-refractivity contribution is 5.58. The number of methoxy groups -OCH3 is 1. The van der Waals surface area contributed by atoms with Crippen LogP contribution in [0.2, 0.25) is 0 Å².